The van der Waals surface area contributed by atoms with Crippen molar-refractivity contribution in [1.82, 2.24) is 9.55 Å². The summed E-state index contributed by atoms with van der Waals surface area (Å²) in [5.41, 5.74) is 5.04. The van der Waals surface area contributed by atoms with E-state index in [0.29, 0.717) is 5.95 Å². The molecule has 4 rings (SSSR count). The summed E-state index contributed by atoms with van der Waals surface area (Å²) in [5.74, 6) is 0.924. The van der Waals surface area contributed by atoms with Gasteiger partial charge in [-0.05, 0) is 28.3 Å². The van der Waals surface area contributed by atoms with E-state index in [1.807, 2.05) is 37.2 Å². The monoisotopic (exact) mass is 387 g/mol. The number of aliphatic hydroxyl groups is 1. The molecule has 1 aromatic heterocycles. The molecule has 1 aliphatic rings. The van der Waals surface area contributed by atoms with Crippen molar-refractivity contribution >= 4 is 5.95 Å². The van der Waals surface area contributed by atoms with Crippen LogP contribution in [0.3, 0.4) is 0 Å². The first kappa shape index (κ1) is 19.2. The van der Waals surface area contributed by atoms with Crippen molar-refractivity contribution in [1.29, 1.82) is 0 Å². The lowest BCUT2D eigenvalue weighted by atomic mass is 9.75. The van der Waals surface area contributed by atoms with Crippen molar-refractivity contribution in [3.63, 3.8) is 0 Å². The minimum absolute atomic E-state index is 0.0316. The minimum atomic E-state index is -0.0488. The minimum Gasteiger partial charge on any atom is -0.392 e. The van der Waals surface area contributed by atoms with Gasteiger partial charge in [0.1, 0.15) is 0 Å². The zero-order valence-electron chi connectivity index (χ0n) is 16.9. The Morgan fingerprint density at radius 3 is 2.34 bits per heavy atom. The van der Waals surface area contributed by atoms with Crippen LogP contribution in [0.2, 0.25) is 0 Å². The quantitative estimate of drug-likeness (QED) is 0.682. The van der Waals surface area contributed by atoms with E-state index >= 15 is 0 Å². The summed E-state index contributed by atoms with van der Waals surface area (Å²) in [6, 6.07) is 18.0. The molecule has 2 atom stereocenters. The van der Waals surface area contributed by atoms with Crippen molar-refractivity contribution in [2.45, 2.75) is 18.4 Å². The first-order chi connectivity index (χ1) is 14.0. The second kappa shape index (κ2) is 7.68. The molecule has 29 heavy (non-hydrogen) atoms. The van der Waals surface area contributed by atoms with E-state index in [4.69, 9.17) is 4.98 Å². The summed E-state index contributed by atoms with van der Waals surface area (Å²) in [6.07, 6.45) is 4.29. The fourth-order valence-electron chi connectivity index (χ4n) is 3.82. The van der Waals surface area contributed by atoms with Crippen LogP contribution < -0.4 is 10.5 Å². The maximum absolute atomic E-state index is 12.4. The van der Waals surface area contributed by atoms with Crippen molar-refractivity contribution in [2.24, 2.45) is 7.05 Å². The molecule has 1 heterocycles. The van der Waals surface area contributed by atoms with Crippen molar-refractivity contribution in [2.75, 3.05) is 19.0 Å². The summed E-state index contributed by atoms with van der Waals surface area (Å²) in [6.45, 7) is 0.0316. The lowest BCUT2D eigenvalue weighted by molar-refractivity contribution is 0.282. The van der Waals surface area contributed by atoms with Gasteiger partial charge in [0.2, 0.25) is 5.95 Å². The highest BCUT2D eigenvalue weighted by Crippen LogP contribution is 2.42. The number of anilines is 1. The number of rotatable bonds is 5. The van der Waals surface area contributed by atoms with E-state index < -0.39 is 0 Å². The Labute approximate surface area is 170 Å². The molecule has 0 bridgehead atoms. The van der Waals surface area contributed by atoms with Crippen LogP contribution in [-0.2, 0) is 13.7 Å². The predicted molar refractivity (Wildman–Crippen MR) is 116 cm³/mol. The zero-order chi connectivity index (χ0) is 20.5. The van der Waals surface area contributed by atoms with E-state index in [1.165, 1.54) is 5.56 Å². The number of hydrogen-bond acceptors (Lipinski definition) is 4. The van der Waals surface area contributed by atoms with E-state index in [-0.39, 0.29) is 24.0 Å². The first-order valence-electron chi connectivity index (χ1n) is 9.71. The van der Waals surface area contributed by atoms with Crippen LogP contribution >= 0.6 is 0 Å². The number of allylic oxidation sites excluding steroid dienone is 2. The molecule has 0 fully saturated rings. The number of benzene rings is 2. The molecular weight excluding hydrogens is 362 g/mol. The third-order valence-corrected chi connectivity index (χ3v) is 5.50. The molecule has 1 N–H and O–H groups in total. The van der Waals surface area contributed by atoms with E-state index in [9.17, 15) is 9.90 Å². The second-order valence-corrected chi connectivity index (χ2v) is 7.69. The molecule has 5 nitrogen and oxygen atoms in total. The highest BCUT2D eigenvalue weighted by Gasteiger charge is 2.29. The summed E-state index contributed by atoms with van der Waals surface area (Å²) < 4.78 is 1.57. The number of nitrogens with zero attached hydrogens (tertiary/aromatic N) is 3. The van der Waals surface area contributed by atoms with Crippen LogP contribution in [0.15, 0.2) is 71.5 Å². The highest BCUT2D eigenvalue weighted by atomic mass is 16.3. The summed E-state index contributed by atoms with van der Waals surface area (Å²) in [5, 5.41) is 9.42. The smallest absolute Gasteiger partial charge is 0.254 e. The Balaban J connectivity index is 1.67. The molecular formula is C24H25N3O2. The van der Waals surface area contributed by atoms with Crippen LogP contribution in [0.4, 0.5) is 5.95 Å². The average molecular weight is 387 g/mol. The van der Waals surface area contributed by atoms with Gasteiger partial charge in [-0.1, -0.05) is 54.6 Å². The standard InChI is InChI=1S/C24H25N3O2/c1-26(2)24-25-22(14-23(29)27(24)3)21-11-10-20(21)19-9-5-8-18(13-19)17-7-4-6-16(12-17)15-28/h4-14,20-21,28H,15H2,1-3H3. The summed E-state index contributed by atoms with van der Waals surface area (Å²) in [4.78, 5) is 19.0. The largest absolute Gasteiger partial charge is 0.392 e. The van der Waals surface area contributed by atoms with E-state index in [0.717, 1.165) is 22.4 Å². The number of aliphatic hydroxyl groups excluding tert-OH is 1. The molecule has 0 saturated carbocycles. The first-order valence-corrected chi connectivity index (χ1v) is 9.71. The van der Waals surface area contributed by atoms with Gasteiger partial charge in [-0.25, -0.2) is 4.98 Å². The number of hydrogen-bond donors (Lipinski definition) is 1. The molecule has 0 radical (unpaired) electrons. The Kier molecular flexibility index (Phi) is 5.07. The van der Waals surface area contributed by atoms with Gasteiger partial charge < -0.3 is 10.0 Å². The van der Waals surface area contributed by atoms with Gasteiger partial charge in [0.15, 0.2) is 0 Å². The molecule has 0 aliphatic heterocycles. The van der Waals surface area contributed by atoms with Crippen LogP contribution in [0.1, 0.15) is 28.7 Å². The average Bonchev–Trinajstić information content (AvgIpc) is 2.70. The Hall–Kier alpha value is -3.18. The van der Waals surface area contributed by atoms with Crippen LogP contribution in [-0.4, -0.2) is 28.8 Å². The van der Waals surface area contributed by atoms with E-state index in [1.54, 1.807) is 17.7 Å². The lowest BCUT2D eigenvalue weighted by Crippen LogP contribution is -2.28. The van der Waals surface area contributed by atoms with Crippen LogP contribution in [0.25, 0.3) is 11.1 Å². The zero-order valence-corrected chi connectivity index (χ0v) is 16.9. The molecule has 0 amide bonds. The predicted octanol–water partition coefficient (Wildman–Crippen LogP) is 3.44. The molecule has 1 aliphatic carbocycles. The summed E-state index contributed by atoms with van der Waals surface area (Å²) >= 11 is 0. The van der Waals surface area contributed by atoms with Crippen molar-refractivity contribution in [3.8, 4) is 11.1 Å². The van der Waals surface area contributed by atoms with Gasteiger partial charge in [-0.3, -0.25) is 9.36 Å². The fraction of sp³-hybridized carbons (Fsp3) is 0.250. The second-order valence-electron chi connectivity index (χ2n) is 7.69. The maximum atomic E-state index is 12.4. The van der Waals surface area contributed by atoms with Gasteiger partial charge in [0, 0.05) is 39.0 Å². The Morgan fingerprint density at radius 1 is 1.00 bits per heavy atom. The number of aromatic nitrogens is 2. The third-order valence-electron chi connectivity index (χ3n) is 5.50. The Bertz CT molecular complexity index is 1130. The van der Waals surface area contributed by atoms with Crippen molar-refractivity contribution < 1.29 is 5.11 Å². The van der Waals surface area contributed by atoms with Crippen LogP contribution in [0, 0.1) is 0 Å². The van der Waals surface area contributed by atoms with Gasteiger partial charge in [-0.2, -0.15) is 0 Å². The van der Waals surface area contributed by atoms with Gasteiger partial charge >= 0.3 is 0 Å². The van der Waals surface area contributed by atoms with Crippen molar-refractivity contribution in [3.05, 3.63) is 93.9 Å². The van der Waals surface area contributed by atoms with Crippen LogP contribution in [0.5, 0.6) is 0 Å². The van der Waals surface area contributed by atoms with Gasteiger partial charge in [0.25, 0.3) is 5.56 Å². The SMILES string of the molecule is CN(C)c1nc(C2C=CC2c2cccc(-c3cccc(CO)c3)c2)cc(=O)n1C. The Morgan fingerprint density at radius 2 is 1.69 bits per heavy atom. The normalized spacial score (nSPS) is 17.8. The topological polar surface area (TPSA) is 58.4 Å². The maximum Gasteiger partial charge on any atom is 0.254 e. The molecule has 5 heteroatoms. The highest BCUT2D eigenvalue weighted by molar-refractivity contribution is 5.65. The fourth-order valence-corrected chi connectivity index (χ4v) is 3.82. The lowest BCUT2D eigenvalue weighted by Gasteiger charge is -2.30. The molecule has 0 spiro atoms. The third kappa shape index (κ3) is 3.61. The molecule has 2 aromatic carbocycles. The molecule has 148 valence electrons. The molecule has 3 aromatic rings. The summed E-state index contributed by atoms with van der Waals surface area (Å²) in [7, 11) is 5.53. The van der Waals surface area contributed by atoms with Gasteiger partial charge in [-0.15, -0.1) is 0 Å². The molecule has 2 unspecified atom stereocenters. The van der Waals surface area contributed by atoms with Gasteiger partial charge in [0.05, 0.1) is 12.3 Å². The molecule has 0 saturated heterocycles. The van der Waals surface area contributed by atoms with E-state index in [2.05, 4.69) is 42.5 Å².